The van der Waals surface area contributed by atoms with Gasteiger partial charge in [0.2, 0.25) is 0 Å². The van der Waals surface area contributed by atoms with Gasteiger partial charge in [-0.15, -0.1) is 11.6 Å². The lowest BCUT2D eigenvalue weighted by Gasteiger charge is -2.16. The maximum atomic E-state index is 12.4. The normalized spacial score (nSPS) is 44.6. The van der Waals surface area contributed by atoms with E-state index in [1.807, 2.05) is 0 Å². The minimum absolute atomic E-state index is 0.832. The van der Waals surface area contributed by atoms with Crippen molar-refractivity contribution in [1.82, 2.24) is 0 Å². The molecule has 2 nitrogen and oxygen atoms in total. The molecule has 1 aliphatic rings. The van der Waals surface area contributed by atoms with Crippen LogP contribution in [0.3, 0.4) is 0 Å². The van der Waals surface area contributed by atoms with Crippen molar-refractivity contribution >= 4 is 17.6 Å². The molecule has 1 rings (SSSR count). The van der Waals surface area contributed by atoms with Crippen LogP contribution in [-0.4, -0.2) is 22.1 Å². The maximum Gasteiger partial charge on any atom is 0.396 e. The Morgan fingerprint density at radius 2 is 1.85 bits per heavy atom. The Kier molecular flexibility index (Phi) is 1.90. The summed E-state index contributed by atoms with van der Waals surface area (Å²) in [6.07, 6.45) is -4.58. The van der Waals surface area contributed by atoms with Gasteiger partial charge in [0.25, 0.3) is 0 Å². The van der Waals surface area contributed by atoms with Crippen molar-refractivity contribution < 1.29 is 23.1 Å². The number of carboxylic acids is 1. The fraction of sp³-hybridized carbons (Fsp3) is 0.857. The molecule has 0 aromatic heterocycles. The van der Waals surface area contributed by atoms with E-state index >= 15 is 0 Å². The van der Waals surface area contributed by atoms with Crippen LogP contribution in [0.2, 0.25) is 0 Å². The molecule has 3 unspecified atom stereocenters. The van der Waals surface area contributed by atoms with Crippen LogP contribution in [0.15, 0.2) is 0 Å². The van der Waals surface area contributed by atoms with Crippen LogP contribution >= 0.6 is 11.6 Å². The summed E-state index contributed by atoms with van der Waals surface area (Å²) in [5.74, 6) is -3.06. The molecule has 1 saturated carbocycles. The molecule has 0 aromatic rings. The standard InChI is InChI=1S/C7H8ClF3O2/c1-5(7(9,10)11)3(4(12)13)6(5,2)8/h3H,1-2H3,(H,12,13). The van der Waals surface area contributed by atoms with Crippen molar-refractivity contribution in [2.45, 2.75) is 24.9 Å². The van der Waals surface area contributed by atoms with Crippen LogP contribution in [-0.2, 0) is 4.79 Å². The van der Waals surface area contributed by atoms with Crippen LogP contribution < -0.4 is 0 Å². The number of carbonyl (C=O) groups is 1. The average molecular weight is 217 g/mol. The Hall–Kier alpha value is -0.450. The van der Waals surface area contributed by atoms with Gasteiger partial charge in [-0.05, 0) is 13.8 Å². The summed E-state index contributed by atoms with van der Waals surface area (Å²) >= 11 is 5.49. The van der Waals surface area contributed by atoms with Gasteiger partial charge in [0, 0.05) is 0 Å². The van der Waals surface area contributed by atoms with Gasteiger partial charge in [-0.3, -0.25) is 4.79 Å². The first-order valence-electron chi connectivity index (χ1n) is 3.55. The zero-order valence-electron chi connectivity index (χ0n) is 6.94. The fourth-order valence-corrected chi connectivity index (χ4v) is 2.15. The number of halogens is 4. The molecule has 76 valence electrons. The summed E-state index contributed by atoms with van der Waals surface area (Å²) < 4.78 is 37.1. The topological polar surface area (TPSA) is 37.3 Å². The first-order valence-corrected chi connectivity index (χ1v) is 3.93. The lowest BCUT2D eigenvalue weighted by Crippen LogP contribution is -2.28. The predicted octanol–water partition coefficient (Wildman–Crippen LogP) is 2.27. The zero-order chi connectivity index (χ0) is 10.7. The van der Waals surface area contributed by atoms with Gasteiger partial charge in [-0.2, -0.15) is 13.2 Å². The SMILES string of the molecule is CC1(Cl)C(C(=O)O)C1(C)C(F)(F)F. The quantitative estimate of drug-likeness (QED) is 0.683. The van der Waals surface area contributed by atoms with Crippen LogP contribution in [0, 0.1) is 11.3 Å². The van der Waals surface area contributed by atoms with Gasteiger partial charge in [-0.25, -0.2) is 0 Å². The monoisotopic (exact) mass is 216 g/mol. The van der Waals surface area contributed by atoms with E-state index in [0.717, 1.165) is 13.8 Å². The van der Waals surface area contributed by atoms with Crippen LogP contribution in [0.1, 0.15) is 13.8 Å². The summed E-state index contributed by atoms with van der Waals surface area (Å²) in [6.45, 7) is 1.93. The second kappa shape index (κ2) is 2.32. The highest BCUT2D eigenvalue weighted by atomic mass is 35.5. The lowest BCUT2D eigenvalue weighted by molar-refractivity contribution is -0.191. The molecule has 6 heteroatoms. The van der Waals surface area contributed by atoms with Crippen molar-refractivity contribution in [3.63, 3.8) is 0 Å². The van der Waals surface area contributed by atoms with Gasteiger partial charge in [0.15, 0.2) is 0 Å². The first-order chi connectivity index (χ1) is 5.57. The molecule has 13 heavy (non-hydrogen) atoms. The largest absolute Gasteiger partial charge is 0.481 e. The van der Waals surface area contributed by atoms with E-state index in [-0.39, 0.29) is 0 Å². The Bertz CT molecular complexity index is 261. The Labute approximate surface area is 77.7 Å². The zero-order valence-corrected chi connectivity index (χ0v) is 7.70. The van der Waals surface area contributed by atoms with Gasteiger partial charge in [0.1, 0.15) is 0 Å². The maximum absolute atomic E-state index is 12.4. The Morgan fingerprint density at radius 1 is 1.46 bits per heavy atom. The van der Waals surface area contributed by atoms with Crippen molar-refractivity contribution in [2.75, 3.05) is 0 Å². The first kappa shape index (κ1) is 10.6. The molecule has 0 heterocycles. The molecule has 0 saturated heterocycles. The molecular formula is C7H8ClF3O2. The van der Waals surface area contributed by atoms with Gasteiger partial charge in [0.05, 0.1) is 16.2 Å². The number of alkyl halides is 4. The second-order valence-electron chi connectivity index (χ2n) is 3.55. The van der Waals surface area contributed by atoms with Gasteiger partial charge in [-0.1, -0.05) is 0 Å². The molecule has 0 radical (unpaired) electrons. The summed E-state index contributed by atoms with van der Waals surface area (Å²) in [6, 6.07) is 0. The van der Waals surface area contributed by atoms with E-state index in [2.05, 4.69) is 0 Å². The van der Waals surface area contributed by atoms with E-state index in [4.69, 9.17) is 16.7 Å². The molecular weight excluding hydrogens is 209 g/mol. The van der Waals surface area contributed by atoms with Gasteiger partial charge < -0.3 is 5.11 Å². The second-order valence-corrected chi connectivity index (χ2v) is 4.33. The van der Waals surface area contributed by atoms with Crippen molar-refractivity contribution in [1.29, 1.82) is 0 Å². The average Bonchev–Trinajstić information content (AvgIpc) is 2.26. The Balaban J connectivity index is 3.04. The molecule has 0 amide bonds. The van der Waals surface area contributed by atoms with E-state index in [1.165, 1.54) is 0 Å². The summed E-state index contributed by atoms with van der Waals surface area (Å²) in [5.41, 5.74) is -2.31. The van der Waals surface area contributed by atoms with E-state index in [0.29, 0.717) is 0 Å². The van der Waals surface area contributed by atoms with E-state index in [9.17, 15) is 18.0 Å². The van der Waals surface area contributed by atoms with Crippen LogP contribution in [0.4, 0.5) is 13.2 Å². The minimum Gasteiger partial charge on any atom is -0.481 e. The molecule has 0 aromatic carbocycles. The third-order valence-electron chi connectivity index (χ3n) is 2.89. The molecule has 1 aliphatic carbocycles. The van der Waals surface area contributed by atoms with Crippen molar-refractivity contribution in [2.24, 2.45) is 11.3 Å². The smallest absolute Gasteiger partial charge is 0.396 e. The van der Waals surface area contributed by atoms with Gasteiger partial charge >= 0.3 is 12.1 Å². The number of aliphatic carboxylic acids is 1. The van der Waals surface area contributed by atoms with Crippen molar-refractivity contribution in [3.05, 3.63) is 0 Å². The highest BCUT2D eigenvalue weighted by molar-refractivity contribution is 6.29. The molecule has 3 atom stereocenters. The molecule has 1 fully saturated rings. The number of hydrogen-bond acceptors (Lipinski definition) is 1. The highest BCUT2D eigenvalue weighted by Crippen LogP contribution is 2.72. The van der Waals surface area contributed by atoms with Crippen LogP contribution in [0.5, 0.6) is 0 Å². The summed E-state index contributed by atoms with van der Waals surface area (Å²) in [5, 5.41) is 8.50. The predicted molar refractivity (Wildman–Crippen MR) is 39.5 cm³/mol. The fourth-order valence-electron chi connectivity index (χ4n) is 1.68. The number of carboxylic acid groups (broad SMARTS) is 1. The Morgan fingerprint density at radius 3 is 1.92 bits per heavy atom. The van der Waals surface area contributed by atoms with E-state index in [1.54, 1.807) is 0 Å². The molecule has 0 bridgehead atoms. The minimum atomic E-state index is -4.58. The number of rotatable bonds is 1. The summed E-state index contributed by atoms with van der Waals surface area (Å²) in [7, 11) is 0. The third kappa shape index (κ3) is 1.06. The highest BCUT2D eigenvalue weighted by Gasteiger charge is 2.85. The number of hydrogen-bond donors (Lipinski definition) is 1. The third-order valence-corrected chi connectivity index (χ3v) is 3.50. The van der Waals surface area contributed by atoms with Crippen LogP contribution in [0.25, 0.3) is 0 Å². The van der Waals surface area contributed by atoms with E-state index < -0.39 is 28.4 Å². The molecule has 1 N–H and O–H groups in total. The summed E-state index contributed by atoms with van der Waals surface area (Å²) in [4.78, 5) is 8.73. The lowest BCUT2D eigenvalue weighted by atomic mass is 10.1. The molecule has 0 spiro atoms. The molecule has 0 aliphatic heterocycles. The van der Waals surface area contributed by atoms with Crippen molar-refractivity contribution in [3.8, 4) is 0 Å².